The SMILES string of the molecule is C1CCNCC1.C=CC(=O)Cl.CC.COc1cccc(F)c1-c1c(Cl)cc2c(c1F)NC(=O)CN=C2N1CCCCC1.COc1cccc(F)c1-c1c(Cl)cc2c(c1F)NC(=O)CN=C2N1CCCCC1.COc1cccc(F)c1B(O)O.Fc1c(Br)c(Cl)cc2c1N=C(Cl)CN=C2Cl.O=C1CN=C(N2CCCCC2)c2cc(Cl)c(Br)c(F)c2N1.O=C1CNC(=O)c2cc(Cl)c(Br)c(F)c2N1.O=P(Cl)(Cl)Cl. The van der Waals surface area contributed by atoms with E-state index in [1.165, 1.54) is 121 Å². The van der Waals surface area contributed by atoms with Crippen molar-refractivity contribution < 1.29 is 92.7 Å². The number of likely N-dealkylation sites (tertiary alicyclic amines) is 3. The van der Waals surface area contributed by atoms with Crippen molar-refractivity contribution in [2.75, 3.05) is 128 Å². The van der Waals surface area contributed by atoms with Gasteiger partial charge in [-0.2, -0.15) is 0 Å². The fourth-order valence-corrected chi connectivity index (χ4v) is 17.1. The van der Waals surface area contributed by atoms with Crippen molar-refractivity contribution in [1.29, 1.82) is 0 Å². The van der Waals surface area contributed by atoms with Gasteiger partial charge in [0.05, 0.1) is 118 Å². The minimum Gasteiger partial charge on any atom is -0.497 e. The van der Waals surface area contributed by atoms with Crippen LogP contribution >= 0.6 is 180 Å². The van der Waals surface area contributed by atoms with Gasteiger partial charge < -0.3 is 70.9 Å². The molecular weight excluding hydrogens is 2300 g/mol. The Balaban J connectivity index is 0.000000204. The second kappa shape index (κ2) is 57.1. The predicted molar refractivity (Wildman–Crippen MR) is 559 cm³/mol. The monoisotopic (exact) mass is 2390 g/mol. The predicted octanol–water partition coefficient (Wildman–Crippen LogP) is 23.9. The molecule has 8 N–H and O–H groups in total. The van der Waals surface area contributed by atoms with Crippen LogP contribution in [0.15, 0.2) is 136 Å². The van der Waals surface area contributed by atoms with Gasteiger partial charge in [0, 0.05) is 72.6 Å². The molecule has 8 aromatic carbocycles. The summed E-state index contributed by atoms with van der Waals surface area (Å²) in [5.74, 6) is -5.65. The second-order valence-corrected chi connectivity index (χ2v) is 42.5. The number of benzodiazepines with no additional fused rings is 3. The molecule has 9 aliphatic rings. The fraction of sp³-hybridized carbons (Fsp3) is 0.330. The zero-order valence-electron chi connectivity index (χ0n) is 75.4. The molecule has 758 valence electrons. The van der Waals surface area contributed by atoms with Gasteiger partial charge in [0.1, 0.15) is 87.9 Å². The van der Waals surface area contributed by atoms with E-state index in [0.717, 1.165) is 103 Å². The van der Waals surface area contributed by atoms with E-state index >= 15 is 8.78 Å². The van der Waals surface area contributed by atoms with E-state index in [-0.39, 0.29) is 166 Å². The van der Waals surface area contributed by atoms with Gasteiger partial charge in [-0.15, -0.1) is 0 Å². The average Bonchev–Trinajstić information content (AvgIpc) is 1.75. The molecule has 5 amide bonds. The van der Waals surface area contributed by atoms with Gasteiger partial charge in [0.25, 0.3) is 5.91 Å². The summed E-state index contributed by atoms with van der Waals surface area (Å²) in [6.07, 6.45) is 14.8. The van der Waals surface area contributed by atoms with E-state index in [9.17, 15) is 59.7 Å². The molecule has 50 heteroatoms. The van der Waals surface area contributed by atoms with Gasteiger partial charge in [-0.1, -0.05) is 126 Å². The third kappa shape index (κ3) is 32.7. The van der Waals surface area contributed by atoms with Crippen molar-refractivity contribution in [1.82, 2.24) is 25.3 Å². The van der Waals surface area contributed by atoms with Crippen LogP contribution in [0.2, 0.25) is 25.1 Å². The van der Waals surface area contributed by atoms with Crippen molar-refractivity contribution in [3.05, 3.63) is 210 Å². The van der Waals surface area contributed by atoms with Crippen LogP contribution in [0.5, 0.6) is 17.2 Å². The molecule has 0 unspecified atom stereocenters. The number of hydrogen-bond acceptors (Lipinski definition) is 21. The molecule has 0 aliphatic carbocycles. The average molecular weight is 2400 g/mol. The Hall–Kier alpha value is -8.09. The van der Waals surface area contributed by atoms with Crippen molar-refractivity contribution in [2.24, 2.45) is 25.0 Å². The summed E-state index contributed by atoms with van der Waals surface area (Å²) >= 11 is 69.8. The molecule has 9 aliphatic heterocycles. The zero-order valence-corrected chi connectivity index (χ0v) is 89.4. The van der Waals surface area contributed by atoms with Crippen LogP contribution in [-0.4, -0.2) is 201 Å². The van der Waals surface area contributed by atoms with Crippen molar-refractivity contribution in [3.8, 4) is 39.5 Å². The van der Waals surface area contributed by atoms with Crippen LogP contribution in [0.25, 0.3) is 22.3 Å². The van der Waals surface area contributed by atoms with Crippen LogP contribution in [-0.2, 0) is 28.5 Å². The number of anilines is 4. The van der Waals surface area contributed by atoms with E-state index in [2.05, 4.69) is 150 Å². The highest BCUT2D eigenvalue weighted by atomic mass is 79.9. The summed E-state index contributed by atoms with van der Waals surface area (Å²) in [7, 11) is 2.23. The number of nitrogens with zero attached hydrogens (tertiary/aromatic N) is 8. The molecule has 0 saturated carbocycles. The number of aliphatic imine (C=N–C) groups is 5. The van der Waals surface area contributed by atoms with E-state index in [0.29, 0.717) is 39.8 Å². The molecule has 0 aromatic heterocycles. The minimum atomic E-state index is -3.22. The summed E-state index contributed by atoms with van der Waals surface area (Å²) in [5, 5.41) is 30.3. The number of fused-ring (bicyclic) bond motifs is 5. The Morgan fingerprint density at radius 3 is 1.13 bits per heavy atom. The maximum absolute atomic E-state index is 15.7. The van der Waals surface area contributed by atoms with E-state index in [1.54, 1.807) is 18.2 Å². The first-order valence-corrected chi connectivity index (χ1v) is 52.8. The van der Waals surface area contributed by atoms with Gasteiger partial charge in [0.15, 0.2) is 29.1 Å². The van der Waals surface area contributed by atoms with Crippen molar-refractivity contribution >= 4 is 283 Å². The van der Waals surface area contributed by atoms with E-state index in [4.69, 9.17) is 117 Å². The number of rotatable bonds is 7. The number of benzene rings is 8. The number of nitrogens with one attached hydrogen (secondary N) is 6. The van der Waals surface area contributed by atoms with Crippen LogP contribution in [0.4, 0.5) is 63.6 Å². The first-order chi connectivity index (χ1) is 67.0. The summed E-state index contributed by atoms with van der Waals surface area (Å²) in [6.45, 7) is 14.1. The lowest BCUT2D eigenvalue weighted by molar-refractivity contribution is -0.115. The normalized spacial score (nSPS) is 15.6. The molecule has 17 rings (SSSR count). The fourth-order valence-electron chi connectivity index (χ4n) is 14.7. The van der Waals surface area contributed by atoms with Gasteiger partial charge in [-0.3, -0.25) is 53.3 Å². The van der Waals surface area contributed by atoms with Crippen LogP contribution in [0.1, 0.15) is 124 Å². The number of halogens is 22. The number of ether oxygens (including phenoxy) is 3. The van der Waals surface area contributed by atoms with Gasteiger partial charge in [-0.05, 0) is 250 Å². The molecule has 8 aromatic rings. The number of amides is 5. The van der Waals surface area contributed by atoms with Crippen LogP contribution < -0.4 is 51.6 Å². The lowest BCUT2D eigenvalue weighted by Gasteiger charge is -2.30. The van der Waals surface area contributed by atoms with Crippen molar-refractivity contribution in [3.63, 3.8) is 0 Å². The molecule has 0 radical (unpaired) electrons. The second-order valence-electron chi connectivity index (χ2n) is 30.3. The smallest absolute Gasteiger partial charge is 0.495 e. The molecule has 0 spiro atoms. The number of carbonyl (C=O) groups excluding carboxylic acids is 6. The van der Waals surface area contributed by atoms with Crippen LogP contribution in [0, 0.1) is 46.5 Å². The molecule has 9 heterocycles. The van der Waals surface area contributed by atoms with E-state index in [1.807, 2.05) is 23.6 Å². The van der Waals surface area contributed by atoms with Crippen molar-refractivity contribution in [2.45, 2.75) is 90.9 Å². The number of amidine groups is 3. The maximum Gasteiger partial charge on any atom is 0.495 e. The van der Waals surface area contributed by atoms with Gasteiger partial charge in [0.2, 0.25) is 28.9 Å². The van der Waals surface area contributed by atoms with Gasteiger partial charge in [-0.25, -0.2) is 40.1 Å². The highest BCUT2D eigenvalue weighted by Crippen LogP contribution is 2.61. The standard InChI is InChI=1S/2C21H20ClF2N3O2.C14H14BrClFN3O.C9H3BrCl3FN2.C9H5BrClFN2O2.C7H8BFO3.C5H11N.C3H3ClO.C2H6.Cl3OP/c2*1-29-15-7-5-6-14(23)18(15)17-13(22)10-12-20(19(17)24)26-16(28)11-25-21(12)27-8-3-2-4-9-27;15-11-9(16)6-8-13(12(11)17)19-10(21)7-18-14(8)20-4-2-1-3-5-20;10-6-4(11)1-3-8(7(6)14)16-5(12)2-15-9(3)13;10-6-4(11)1-3-8(7(6)12)14-5(15)2-13-9(3)16;1-12-6-4-2-3-5(9)7(6)8(10)11;1-2-4-6-5-3-1;1-2-3(4)5;1-2;1-5(2,3)4/h2*5-7,10H,2-4,8-9,11H2,1H3,(H,26,28);6H,1-5,7H2,(H,19,21);1H,2H2;1H,2H2,(H,13,16)(H,14,15);2-4,10-11H,1H3;6H,1-5H2;2H,1H2;1-2H3;. The maximum atomic E-state index is 15.7. The summed E-state index contributed by atoms with van der Waals surface area (Å²) in [4.78, 5) is 95.6. The quantitative estimate of drug-likeness (QED) is 0.0184. The molecular formula is C91H90BBr3Cl11F8N14O12P. The minimum absolute atomic E-state index is 0.00477. The highest BCUT2D eigenvalue weighted by molar-refractivity contribution is 9.11. The lowest BCUT2D eigenvalue weighted by Crippen LogP contribution is -2.36. The van der Waals surface area contributed by atoms with E-state index < -0.39 is 87.7 Å². The number of allylic oxidation sites excluding steroid dienone is 1. The number of carbonyl (C=O) groups is 6. The first-order valence-electron chi connectivity index (χ1n) is 43.0. The number of hydrogen-bond donors (Lipinski definition) is 8. The van der Waals surface area contributed by atoms with Gasteiger partial charge >= 0.3 is 12.3 Å². The third-order valence-electron chi connectivity index (χ3n) is 21.0. The Labute approximate surface area is 887 Å². The summed E-state index contributed by atoms with van der Waals surface area (Å²) in [5.41, 5.74) is 0.947. The molecule has 4 saturated heterocycles. The first kappa shape index (κ1) is 118. The molecule has 26 nitrogen and oxygen atoms in total. The third-order valence-corrected chi connectivity index (χ3v) is 26.2. The number of methoxy groups -OCH3 is 3. The Morgan fingerprint density at radius 2 is 0.780 bits per heavy atom. The molecule has 0 bridgehead atoms. The molecule has 141 heavy (non-hydrogen) atoms. The Morgan fingerprint density at radius 1 is 0.454 bits per heavy atom. The summed E-state index contributed by atoms with van der Waals surface area (Å²) < 4.78 is 141. The zero-order chi connectivity index (χ0) is 104. The highest BCUT2D eigenvalue weighted by Gasteiger charge is 2.36. The Kier molecular flexibility index (Phi) is 47.9. The topological polar surface area (TPSA) is 331 Å². The Bertz CT molecular complexity index is 5990. The molecule has 4 fully saturated rings. The molecule has 0 atom stereocenters. The lowest BCUT2D eigenvalue weighted by atomic mass is 9.79. The van der Waals surface area contributed by atoms with Crippen LogP contribution in [0.3, 0.4) is 0 Å². The number of piperidine rings is 4. The summed E-state index contributed by atoms with van der Waals surface area (Å²) in [6, 6.07) is 20.0. The largest absolute Gasteiger partial charge is 0.497 e.